The van der Waals surface area contributed by atoms with Gasteiger partial charge in [-0.3, -0.25) is 0 Å². The first-order valence-electron chi connectivity index (χ1n) is 2.62. The van der Waals surface area contributed by atoms with Crippen LogP contribution < -0.4 is 5.73 Å². The van der Waals surface area contributed by atoms with Gasteiger partial charge in [0.1, 0.15) is 0 Å². The Morgan fingerprint density at radius 3 is 2.00 bits per heavy atom. The van der Waals surface area contributed by atoms with E-state index in [2.05, 4.69) is 0 Å². The molecule has 2 N–H and O–H groups in total. The lowest BCUT2D eigenvalue weighted by Crippen LogP contribution is -2.48. The number of halogens is 2. The molecule has 0 heterocycles. The third kappa shape index (κ3) is 1.51. The van der Waals surface area contributed by atoms with Crippen molar-refractivity contribution >= 4 is 24.0 Å². The number of alkyl halides is 1. The zero-order valence-corrected chi connectivity index (χ0v) is 6.26. The normalized spacial score (nSPS) is 23.2. The highest BCUT2D eigenvalue weighted by Crippen LogP contribution is 2.29. The molecule has 3 heteroatoms. The Kier molecular flexibility index (Phi) is 3.10. The summed E-state index contributed by atoms with van der Waals surface area (Å²) < 4.78 is 0. The van der Waals surface area contributed by atoms with Gasteiger partial charge in [-0.25, -0.2) is 0 Å². The molecule has 8 heavy (non-hydrogen) atoms. The molecule has 0 aromatic heterocycles. The molecule has 0 amide bonds. The number of nitrogens with two attached hydrogens (primary N) is 1. The quantitative estimate of drug-likeness (QED) is 0.572. The van der Waals surface area contributed by atoms with E-state index in [0.29, 0.717) is 5.88 Å². The van der Waals surface area contributed by atoms with Gasteiger partial charge in [0.25, 0.3) is 0 Å². The van der Waals surface area contributed by atoms with Crippen molar-refractivity contribution in [1.82, 2.24) is 0 Å². The topological polar surface area (TPSA) is 26.0 Å². The Balaban J connectivity index is 0.000000490. The molecule has 0 unspecified atom stereocenters. The first kappa shape index (κ1) is 8.54. The summed E-state index contributed by atoms with van der Waals surface area (Å²) in [6.45, 7) is 0. The summed E-state index contributed by atoms with van der Waals surface area (Å²) in [6.07, 6.45) is 3.51. The van der Waals surface area contributed by atoms with Crippen molar-refractivity contribution in [2.45, 2.75) is 24.8 Å². The predicted octanol–water partition coefficient (Wildman–Crippen LogP) is 1.53. The van der Waals surface area contributed by atoms with E-state index >= 15 is 0 Å². The Morgan fingerprint density at radius 1 is 1.50 bits per heavy atom. The van der Waals surface area contributed by atoms with Crippen molar-refractivity contribution in [3.8, 4) is 0 Å². The zero-order valence-electron chi connectivity index (χ0n) is 4.69. The standard InChI is InChI=1S/C5H10ClN.ClH/c6-4-5(7)2-1-3-5;/h1-4,7H2;1H. The molecule has 0 aliphatic heterocycles. The van der Waals surface area contributed by atoms with E-state index in [9.17, 15) is 0 Å². The number of rotatable bonds is 1. The fourth-order valence-electron chi connectivity index (χ4n) is 0.765. The Morgan fingerprint density at radius 2 is 2.00 bits per heavy atom. The smallest absolute Gasteiger partial charge is 0.0403 e. The van der Waals surface area contributed by atoms with E-state index in [1.54, 1.807) is 0 Å². The van der Waals surface area contributed by atoms with Gasteiger partial charge in [0.2, 0.25) is 0 Å². The van der Waals surface area contributed by atoms with Gasteiger partial charge in [0.05, 0.1) is 0 Å². The number of hydrogen-bond donors (Lipinski definition) is 1. The molecule has 1 saturated carbocycles. The summed E-state index contributed by atoms with van der Waals surface area (Å²) in [6, 6.07) is 0. The monoisotopic (exact) mass is 155 g/mol. The summed E-state index contributed by atoms with van der Waals surface area (Å²) in [7, 11) is 0. The van der Waals surface area contributed by atoms with Gasteiger partial charge in [-0.05, 0) is 19.3 Å². The van der Waals surface area contributed by atoms with E-state index in [-0.39, 0.29) is 17.9 Å². The third-order valence-electron chi connectivity index (χ3n) is 1.62. The van der Waals surface area contributed by atoms with Crippen LogP contribution in [0.5, 0.6) is 0 Å². The molecule has 50 valence electrons. The fourth-order valence-corrected chi connectivity index (χ4v) is 1.03. The minimum Gasteiger partial charge on any atom is -0.324 e. The molecule has 1 fully saturated rings. The fraction of sp³-hybridized carbons (Fsp3) is 1.00. The maximum absolute atomic E-state index is 5.67. The second-order valence-corrected chi connectivity index (χ2v) is 2.62. The lowest BCUT2D eigenvalue weighted by molar-refractivity contribution is 0.281. The molecule has 1 aliphatic rings. The Hall–Kier alpha value is 0.540. The van der Waals surface area contributed by atoms with Crippen LogP contribution in [0.15, 0.2) is 0 Å². The Labute approximate surface area is 61.0 Å². The molecule has 0 atom stereocenters. The summed E-state index contributed by atoms with van der Waals surface area (Å²) in [5.41, 5.74) is 5.70. The SMILES string of the molecule is Cl.NC1(CCl)CCC1. The van der Waals surface area contributed by atoms with Crippen LogP contribution in [0.3, 0.4) is 0 Å². The molecule has 1 aliphatic carbocycles. The predicted molar refractivity (Wildman–Crippen MR) is 38.7 cm³/mol. The van der Waals surface area contributed by atoms with Gasteiger partial charge in [-0.1, -0.05) is 0 Å². The first-order valence-corrected chi connectivity index (χ1v) is 3.15. The van der Waals surface area contributed by atoms with Crippen LogP contribution >= 0.6 is 24.0 Å². The van der Waals surface area contributed by atoms with E-state index in [4.69, 9.17) is 17.3 Å². The van der Waals surface area contributed by atoms with Crippen LogP contribution in [-0.4, -0.2) is 11.4 Å². The molecule has 0 spiro atoms. The van der Waals surface area contributed by atoms with Gasteiger partial charge >= 0.3 is 0 Å². The van der Waals surface area contributed by atoms with Crippen molar-refractivity contribution in [1.29, 1.82) is 0 Å². The first-order chi connectivity index (χ1) is 3.27. The number of hydrogen-bond acceptors (Lipinski definition) is 1. The third-order valence-corrected chi connectivity index (χ3v) is 2.15. The molecule has 0 bridgehead atoms. The summed E-state index contributed by atoms with van der Waals surface area (Å²) in [4.78, 5) is 0. The van der Waals surface area contributed by atoms with E-state index in [0.717, 1.165) is 12.8 Å². The van der Waals surface area contributed by atoms with E-state index in [1.807, 2.05) is 0 Å². The molecule has 0 aromatic rings. The largest absolute Gasteiger partial charge is 0.324 e. The minimum atomic E-state index is 0. The molecule has 0 radical (unpaired) electrons. The molecular weight excluding hydrogens is 145 g/mol. The minimum absolute atomic E-state index is 0. The summed E-state index contributed by atoms with van der Waals surface area (Å²) in [5.74, 6) is 0.632. The molecule has 0 aromatic carbocycles. The summed E-state index contributed by atoms with van der Waals surface area (Å²) in [5, 5.41) is 0. The van der Waals surface area contributed by atoms with Gasteiger partial charge in [0, 0.05) is 11.4 Å². The maximum Gasteiger partial charge on any atom is 0.0403 e. The van der Waals surface area contributed by atoms with Gasteiger partial charge in [-0.2, -0.15) is 0 Å². The Bertz CT molecular complexity index is 65.3. The van der Waals surface area contributed by atoms with Gasteiger partial charge in [0.15, 0.2) is 0 Å². The lowest BCUT2D eigenvalue weighted by atomic mass is 9.80. The van der Waals surface area contributed by atoms with Crippen LogP contribution in [0, 0.1) is 0 Å². The van der Waals surface area contributed by atoms with Crippen molar-refractivity contribution < 1.29 is 0 Å². The molecule has 0 saturated heterocycles. The average Bonchev–Trinajstić information content (AvgIpc) is 1.61. The molecular formula is C5H11Cl2N. The van der Waals surface area contributed by atoms with Crippen molar-refractivity contribution in [2.24, 2.45) is 5.73 Å². The second kappa shape index (κ2) is 2.90. The van der Waals surface area contributed by atoms with Gasteiger partial charge in [-0.15, -0.1) is 24.0 Å². The van der Waals surface area contributed by atoms with E-state index < -0.39 is 0 Å². The van der Waals surface area contributed by atoms with Crippen LogP contribution in [0.4, 0.5) is 0 Å². The summed E-state index contributed by atoms with van der Waals surface area (Å²) >= 11 is 5.52. The van der Waals surface area contributed by atoms with Crippen molar-refractivity contribution in [3.63, 3.8) is 0 Å². The van der Waals surface area contributed by atoms with Crippen LogP contribution in [0.25, 0.3) is 0 Å². The van der Waals surface area contributed by atoms with Crippen LogP contribution in [-0.2, 0) is 0 Å². The average molecular weight is 156 g/mol. The maximum atomic E-state index is 5.67. The molecule has 1 rings (SSSR count). The van der Waals surface area contributed by atoms with Crippen molar-refractivity contribution in [3.05, 3.63) is 0 Å². The van der Waals surface area contributed by atoms with Crippen molar-refractivity contribution in [2.75, 3.05) is 5.88 Å². The highest BCUT2D eigenvalue weighted by molar-refractivity contribution is 6.18. The van der Waals surface area contributed by atoms with Gasteiger partial charge < -0.3 is 5.73 Å². The highest BCUT2D eigenvalue weighted by atomic mass is 35.5. The van der Waals surface area contributed by atoms with Crippen LogP contribution in [0.1, 0.15) is 19.3 Å². The van der Waals surface area contributed by atoms with E-state index in [1.165, 1.54) is 6.42 Å². The second-order valence-electron chi connectivity index (χ2n) is 2.35. The van der Waals surface area contributed by atoms with Crippen LogP contribution in [0.2, 0.25) is 0 Å². The lowest BCUT2D eigenvalue weighted by Gasteiger charge is -2.35. The molecule has 1 nitrogen and oxygen atoms in total. The highest BCUT2D eigenvalue weighted by Gasteiger charge is 2.30. The zero-order chi connectivity index (χ0) is 5.33.